The van der Waals surface area contributed by atoms with Gasteiger partial charge in [-0.15, -0.1) is 0 Å². The second kappa shape index (κ2) is 6.42. The fourth-order valence-corrected chi connectivity index (χ4v) is 2.70. The van der Waals surface area contributed by atoms with Crippen molar-refractivity contribution in [3.63, 3.8) is 0 Å². The van der Waals surface area contributed by atoms with E-state index in [4.69, 9.17) is 0 Å². The van der Waals surface area contributed by atoms with E-state index in [-0.39, 0.29) is 0 Å². The van der Waals surface area contributed by atoms with Crippen molar-refractivity contribution >= 4 is 11.5 Å². The van der Waals surface area contributed by atoms with Gasteiger partial charge in [-0.1, -0.05) is 30.3 Å². The minimum absolute atomic E-state index is 0.469. The van der Waals surface area contributed by atoms with Gasteiger partial charge in [0.25, 0.3) is 0 Å². The monoisotopic (exact) mass is 326 g/mol. The first kappa shape index (κ1) is 14.8. The highest BCUT2D eigenvalue weighted by molar-refractivity contribution is 5.75. The smallest absolute Gasteiger partial charge is 0.158 e. The summed E-state index contributed by atoms with van der Waals surface area (Å²) in [6, 6.07) is 17.7. The number of aromatic nitrogens is 4. The first-order chi connectivity index (χ1) is 12.4. The Bertz CT molecular complexity index is 1050. The second-order valence-electron chi connectivity index (χ2n) is 5.47. The molecule has 0 radical (unpaired) electrons. The van der Waals surface area contributed by atoms with Crippen molar-refractivity contribution in [3.05, 3.63) is 78.2 Å². The molecule has 0 bridgehead atoms. The first-order valence-corrected chi connectivity index (χ1v) is 7.83. The first-order valence-electron chi connectivity index (χ1n) is 7.83. The van der Waals surface area contributed by atoms with E-state index in [1.165, 1.54) is 0 Å². The molecule has 0 saturated carbocycles. The van der Waals surface area contributed by atoms with Gasteiger partial charge in [-0.05, 0) is 17.7 Å². The van der Waals surface area contributed by atoms with Crippen LogP contribution in [0.3, 0.4) is 0 Å². The third kappa shape index (κ3) is 2.79. The molecule has 1 aromatic carbocycles. The summed E-state index contributed by atoms with van der Waals surface area (Å²) in [6.07, 6.45) is 5.16. The third-order valence-electron chi connectivity index (χ3n) is 3.90. The normalized spacial score (nSPS) is 10.5. The number of hydrogen-bond donors (Lipinski definition) is 1. The summed E-state index contributed by atoms with van der Waals surface area (Å²) in [5.41, 5.74) is 3.77. The average Bonchev–Trinajstić information content (AvgIpc) is 3.15. The molecule has 0 amide bonds. The van der Waals surface area contributed by atoms with E-state index in [1.54, 1.807) is 23.1 Å². The van der Waals surface area contributed by atoms with Crippen LogP contribution in [0.15, 0.2) is 67.1 Å². The van der Waals surface area contributed by atoms with E-state index in [9.17, 15) is 5.26 Å². The van der Waals surface area contributed by atoms with E-state index in [0.29, 0.717) is 29.3 Å². The minimum atomic E-state index is 0.469. The Kier molecular flexibility index (Phi) is 3.81. The molecule has 4 aromatic rings. The number of nitriles is 1. The zero-order valence-electron chi connectivity index (χ0n) is 13.3. The Hall–Kier alpha value is -3.72. The van der Waals surface area contributed by atoms with Gasteiger partial charge in [-0.25, -0.2) is 4.98 Å². The summed E-state index contributed by atoms with van der Waals surface area (Å²) in [6.45, 7) is 0.560. The molecular formula is C19H14N6. The van der Waals surface area contributed by atoms with E-state index < -0.39 is 0 Å². The average molecular weight is 326 g/mol. The van der Waals surface area contributed by atoms with Gasteiger partial charge in [-0.3, -0.25) is 4.98 Å². The van der Waals surface area contributed by atoms with Gasteiger partial charge in [0.15, 0.2) is 5.65 Å². The molecule has 25 heavy (non-hydrogen) atoms. The Morgan fingerprint density at radius 2 is 1.80 bits per heavy atom. The Morgan fingerprint density at radius 1 is 1.00 bits per heavy atom. The highest BCUT2D eigenvalue weighted by Crippen LogP contribution is 2.28. The zero-order chi connectivity index (χ0) is 17.1. The van der Waals surface area contributed by atoms with Crippen LogP contribution in [-0.2, 0) is 6.54 Å². The molecule has 4 rings (SSSR count). The Balaban J connectivity index is 1.84. The van der Waals surface area contributed by atoms with Crippen LogP contribution in [0.4, 0.5) is 5.82 Å². The van der Waals surface area contributed by atoms with Crippen LogP contribution in [0.25, 0.3) is 16.9 Å². The van der Waals surface area contributed by atoms with E-state index in [0.717, 1.165) is 11.1 Å². The molecule has 6 heteroatoms. The van der Waals surface area contributed by atoms with E-state index >= 15 is 0 Å². The van der Waals surface area contributed by atoms with Crippen molar-refractivity contribution in [3.8, 4) is 17.3 Å². The topological polar surface area (TPSA) is 78.9 Å². The molecule has 3 aromatic heterocycles. The van der Waals surface area contributed by atoms with Crippen LogP contribution < -0.4 is 5.32 Å². The maximum atomic E-state index is 9.77. The lowest BCUT2D eigenvalue weighted by atomic mass is 10.1. The van der Waals surface area contributed by atoms with Crippen molar-refractivity contribution in [1.29, 1.82) is 5.26 Å². The Labute approximate surface area is 144 Å². The number of hydrogen-bond acceptors (Lipinski definition) is 5. The highest BCUT2D eigenvalue weighted by atomic mass is 15.3. The summed E-state index contributed by atoms with van der Waals surface area (Å²) in [4.78, 5) is 8.64. The van der Waals surface area contributed by atoms with Crippen LogP contribution in [-0.4, -0.2) is 19.6 Å². The predicted octanol–water partition coefficient (Wildman–Crippen LogP) is 3.28. The maximum absolute atomic E-state index is 9.77. The second-order valence-corrected chi connectivity index (χ2v) is 5.47. The van der Waals surface area contributed by atoms with Gasteiger partial charge in [0, 0.05) is 30.6 Å². The van der Waals surface area contributed by atoms with E-state index in [2.05, 4.69) is 26.5 Å². The molecule has 1 N–H and O–H groups in total. The molecule has 0 aliphatic carbocycles. The van der Waals surface area contributed by atoms with Gasteiger partial charge in [0.05, 0.1) is 11.9 Å². The molecule has 0 atom stereocenters. The summed E-state index contributed by atoms with van der Waals surface area (Å²) in [7, 11) is 0. The van der Waals surface area contributed by atoms with Gasteiger partial charge in [0.1, 0.15) is 17.5 Å². The van der Waals surface area contributed by atoms with Crippen LogP contribution in [0.5, 0.6) is 0 Å². The number of nitrogens with zero attached hydrogens (tertiary/aromatic N) is 5. The molecule has 0 saturated heterocycles. The SMILES string of the molecule is N#Cc1c(-c2ccccc2)nc2ccnn2c1NCc1ccncc1. The molecular weight excluding hydrogens is 312 g/mol. The van der Waals surface area contributed by atoms with Gasteiger partial charge in [0.2, 0.25) is 0 Å². The molecule has 3 heterocycles. The molecule has 0 aliphatic heterocycles. The number of rotatable bonds is 4. The summed E-state index contributed by atoms with van der Waals surface area (Å²) < 4.78 is 1.66. The van der Waals surface area contributed by atoms with Crippen molar-refractivity contribution < 1.29 is 0 Å². The molecule has 0 fully saturated rings. The van der Waals surface area contributed by atoms with Crippen molar-refractivity contribution in [2.75, 3.05) is 5.32 Å². The van der Waals surface area contributed by atoms with Crippen LogP contribution in [0, 0.1) is 11.3 Å². The van der Waals surface area contributed by atoms with E-state index in [1.807, 2.05) is 48.5 Å². The lowest BCUT2D eigenvalue weighted by Crippen LogP contribution is -2.10. The molecule has 0 spiro atoms. The lowest BCUT2D eigenvalue weighted by Gasteiger charge is -2.13. The number of fused-ring (bicyclic) bond motifs is 1. The standard InChI is InChI=1S/C19H14N6/c20-12-16-18(15-4-2-1-3-5-15)24-17-8-11-23-25(17)19(16)22-13-14-6-9-21-10-7-14/h1-11,22H,13H2. The highest BCUT2D eigenvalue weighted by Gasteiger charge is 2.17. The van der Waals surface area contributed by atoms with Gasteiger partial charge in [-0.2, -0.15) is 14.9 Å². The Morgan fingerprint density at radius 3 is 2.56 bits per heavy atom. The predicted molar refractivity (Wildman–Crippen MR) is 94.7 cm³/mol. The van der Waals surface area contributed by atoms with Gasteiger partial charge >= 0.3 is 0 Å². The molecule has 120 valence electrons. The summed E-state index contributed by atoms with van der Waals surface area (Å²) >= 11 is 0. The third-order valence-corrected chi connectivity index (χ3v) is 3.90. The zero-order valence-corrected chi connectivity index (χ0v) is 13.3. The van der Waals surface area contributed by atoms with Crippen LogP contribution >= 0.6 is 0 Å². The van der Waals surface area contributed by atoms with Crippen molar-refractivity contribution in [2.45, 2.75) is 6.54 Å². The maximum Gasteiger partial charge on any atom is 0.158 e. The quantitative estimate of drug-likeness (QED) is 0.622. The molecule has 6 nitrogen and oxygen atoms in total. The lowest BCUT2D eigenvalue weighted by molar-refractivity contribution is 0.922. The number of nitrogens with one attached hydrogen (secondary N) is 1. The minimum Gasteiger partial charge on any atom is -0.365 e. The summed E-state index contributed by atoms with van der Waals surface area (Å²) in [5.74, 6) is 0.633. The van der Waals surface area contributed by atoms with Crippen LogP contribution in [0.2, 0.25) is 0 Å². The fourth-order valence-electron chi connectivity index (χ4n) is 2.70. The number of benzene rings is 1. The number of pyridine rings is 1. The molecule has 0 unspecified atom stereocenters. The summed E-state index contributed by atoms with van der Waals surface area (Å²) in [5, 5.41) is 17.4. The van der Waals surface area contributed by atoms with Crippen molar-refractivity contribution in [1.82, 2.24) is 19.6 Å². The molecule has 0 aliphatic rings. The number of anilines is 1. The van der Waals surface area contributed by atoms with Crippen LogP contribution in [0.1, 0.15) is 11.1 Å². The largest absolute Gasteiger partial charge is 0.365 e. The van der Waals surface area contributed by atoms with Crippen molar-refractivity contribution in [2.24, 2.45) is 0 Å². The van der Waals surface area contributed by atoms with Gasteiger partial charge < -0.3 is 5.32 Å². The fraction of sp³-hybridized carbons (Fsp3) is 0.0526.